The summed E-state index contributed by atoms with van der Waals surface area (Å²) in [6.07, 6.45) is 10.5. The summed E-state index contributed by atoms with van der Waals surface area (Å²) >= 11 is 0. The summed E-state index contributed by atoms with van der Waals surface area (Å²) in [5.74, 6) is -1.66. The number of amides is 2. The van der Waals surface area contributed by atoms with Gasteiger partial charge in [-0.1, -0.05) is 55.8 Å². The average Bonchev–Trinajstić information content (AvgIpc) is 3.21. The van der Waals surface area contributed by atoms with Crippen LogP contribution in [0.1, 0.15) is 92.2 Å². The van der Waals surface area contributed by atoms with Crippen molar-refractivity contribution in [2.24, 2.45) is 11.5 Å². The number of esters is 1. The van der Waals surface area contributed by atoms with E-state index in [0.29, 0.717) is 30.6 Å². The third-order valence-electron chi connectivity index (χ3n) is 7.95. The molecule has 0 bridgehead atoms. The van der Waals surface area contributed by atoms with E-state index in [2.05, 4.69) is 23.3 Å². The van der Waals surface area contributed by atoms with Crippen LogP contribution in [0, 0.1) is 5.82 Å². The first-order valence-electron chi connectivity index (χ1n) is 16.2. The van der Waals surface area contributed by atoms with Gasteiger partial charge in [0.05, 0.1) is 25.7 Å². The summed E-state index contributed by atoms with van der Waals surface area (Å²) in [6.45, 7) is 7.21. The van der Waals surface area contributed by atoms with Crippen molar-refractivity contribution in [3.63, 3.8) is 0 Å². The topological polar surface area (TPSA) is 146 Å². The molecule has 3 rings (SSSR count). The van der Waals surface area contributed by atoms with Crippen LogP contribution in [0.2, 0.25) is 0 Å². The molecule has 1 aliphatic carbocycles. The van der Waals surface area contributed by atoms with Crippen LogP contribution in [0.15, 0.2) is 66.8 Å². The van der Waals surface area contributed by atoms with E-state index in [1.54, 1.807) is 18.2 Å². The van der Waals surface area contributed by atoms with Crippen LogP contribution in [0.5, 0.6) is 5.75 Å². The Hall–Kier alpha value is -4.02. The molecule has 6 N–H and O–H groups in total. The molecule has 46 heavy (non-hydrogen) atoms. The second kappa shape index (κ2) is 18.8. The van der Waals surface area contributed by atoms with Gasteiger partial charge in [0.1, 0.15) is 0 Å². The summed E-state index contributed by atoms with van der Waals surface area (Å²) in [5.41, 5.74) is 14.6. The van der Waals surface area contributed by atoms with Gasteiger partial charge in [-0.15, -0.1) is 0 Å². The molecule has 10 heteroatoms. The van der Waals surface area contributed by atoms with Gasteiger partial charge in [-0.3, -0.25) is 14.4 Å². The number of rotatable bonds is 18. The van der Waals surface area contributed by atoms with Crippen molar-refractivity contribution in [1.29, 1.82) is 0 Å². The van der Waals surface area contributed by atoms with Crippen LogP contribution < -0.4 is 26.8 Å². The summed E-state index contributed by atoms with van der Waals surface area (Å²) in [5, 5.41) is 5.55. The number of aryl methyl sites for hydroxylation is 1. The number of nitrogens with one attached hydrogen (secondary N) is 2. The molecule has 2 amide bonds. The van der Waals surface area contributed by atoms with Crippen molar-refractivity contribution in [3.8, 4) is 5.75 Å². The number of ether oxygens (including phenoxy) is 2. The molecule has 0 heterocycles. The maximum atomic E-state index is 15.1. The lowest BCUT2D eigenvalue weighted by Crippen LogP contribution is -2.37. The summed E-state index contributed by atoms with van der Waals surface area (Å²) < 4.78 is 25.9. The number of unbranched alkanes of at least 4 members (excludes halogenated alkanes) is 1. The van der Waals surface area contributed by atoms with Crippen molar-refractivity contribution < 1.29 is 28.2 Å². The van der Waals surface area contributed by atoms with Crippen LogP contribution in [-0.4, -0.2) is 49.6 Å². The van der Waals surface area contributed by atoms with Gasteiger partial charge in [0.2, 0.25) is 5.91 Å². The van der Waals surface area contributed by atoms with Crippen LogP contribution >= 0.6 is 0 Å². The minimum absolute atomic E-state index is 0.0147. The van der Waals surface area contributed by atoms with Crippen molar-refractivity contribution >= 4 is 17.8 Å². The zero-order valence-corrected chi connectivity index (χ0v) is 27.0. The van der Waals surface area contributed by atoms with E-state index in [4.69, 9.17) is 20.9 Å². The third-order valence-corrected chi connectivity index (χ3v) is 7.95. The van der Waals surface area contributed by atoms with E-state index in [0.717, 1.165) is 56.1 Å². The highest BCUT2D eigenvalue weighted by Crippen LogP contribution is 2.27. The molecule has 0 radical (unpaired) electrons. The molecular formula is C36H49FN4O5. The van der Waals surface area contributed by atoms with E-state index in [9.17, 15) is 14.4 Å². The highest BCUT2D eigenvalue weighted by molar-refractivity contribution is 5.94. The van der Waals surface area contributed by atoms with Gasteiger partial charge in [0, 0.05) is 30.6 Å². The molecule has 2 atom stereocenters. The molecule has 1 unspecified atom stereocenters. The summed E-state index contributed by atoms with van der Waals surface area (Å²) in [6, 6.07) is 10.8. The summed E-state index contributed by atoms with van der Waals surface area (Å²) in [7, 11) is 0. The van der Waals surface area contributed by atoms with E-state index >= 15 is 4.39 Å². The number of allylic oxidation sites excluding steroid dienone is 2. The Balaban J connectivity index is 1.64. The average molecular weight is 637 g/mol. The number of carbonyl (C=O) groups excluding carboxylic acids is 3. The Bertz CT molecular complexity index is 1350. The van der Waals surface area contributed by atoms with Gasteiger partial charge in [-0.05, 0) is 80.3 Å². The highest BCUT2D eigenvalue weighted by atomic mass is 19.1. The van der Waals surface area contributed by atoms with Crippen LogP contribution in [0.3, 0.4) is 0 Å². The normalized spacial score (nSPS) is 16.7. The van der Waals surface area contributed by atoms with Gasteiger partial charge in [0.25, 0.3) is 5.91 Å². The monoisotopic (exact) mass is 636 g/mol. The second-order valence-corrected chi connectivity index (χ2v) is 11.9. The number of carbonyl (C=O) groups is 3. The Morgan fingerprint density at radius 2 is 1.89 bits per heavy atom. The van der Waals surface area contributed by atoms with E-state index < -0.39 is 23.7 Å². The van der Waals surface area contributed by atoms with Gasteiger partial charge in [-0.25, -0.2) is 4.39 Å². The first-order chi connectivity index (χ1) is 22.1. The lowest BCUT2D eigenvalue weighted by atomic mass is 9.88. The largest absolute Gasteiger partial charge is 0.491 e. The number of hydrogen-bond donors (Lipinski definition) is 4. The molecule has 0 aromatic heterocycles. The zero-order chi connectivity index (χ0) is 33.4. The molecule has 2 aromatic rings. The quantitative estimate of drug-likeness (QED) is 0.130. The lowest BCUT2D eigenvalue weighted by molar-refractivity contribution is -0.144. The molecular weight excluding hydrogens is 587 g/mol. The third kappa shape index (κ3) is 12.4. The minimum atomic E-state index is -0.829. The zero-order valence-electron chi connectivity index (χ0n) is 27.0. The molecule has 2 aromatic carbocycles. The molecule has 0 spiro atoms. The van der Waals surface area contributed by atoms with E-state index in [1.807, 2.05) is 25.1 Å². The smallest absolute Gasteiger partial charge is 0.308 e. The van der Waals surface area contributed by atoms with Crippen molar-refractivity contribution in [1.82, 2.24) is 10.6 Å². The Kier molecular flexibility index (Phi) is 14.9. The summed E-state index contributed by atoms with van der Waals surface area (Å²) in [4.78, 5) is 37.6. The van der Waals surface area contributed by atoms with Gasteiger partial charge in [-0.2, -0.15) is 0 Å². The van der Waals surface area contributed by atoms with E-state index in [-0.39, 0.29) is 43.3 Å². The highest BCUT2D eigenvalue weighted by Gasteiger charge is 2.24. The van der Waals surface area contributed by atoms with Crippen LogP contribution in [0.25, 0.3) is 0 Å². The molecule has 0 aliphatic heterocycles. The van der Waals surface area contributed by atoms with Gasteiger partial charge < -0.3 is 31.6 Å². The Morgan fingerprint density at radius 1 is 1.11 bits per heavy atom. The Labute approximate surface area is 272 Å². The van der Waals surface area contributed by atoms with Gasteiger partial charge in [0.15, 0.2) is 11.6 Å². The predicted octanol–water partition coefficient (Wildman–Crippen LogP) is 5.19. The fourth-order valence-corrected chi connectivity index (χ4v) is 5.12. The lowest BCUT2D eigenvalue weighted by Gasteiger charge is -2.25. The second-order valence-electron chi connectivity index (χ2n) is 11.9. The fraction of sp³-hybridized carbons (Fsp3) is 0.472. The first-order valence-corrected chi connectivity index (χ1v) is 16.2. The molecule has 250 valence electrons. The standard InChI is InChI=1S/C36H49FN4O5/c1-3-4-22-46-34(43)25-31(29-13-14-32(30(37)24-29)45-23-6-8-33(42)40-21-20-38)41-35(44)28-11-9-27(10-12-28)16-19-36(39)17-5-7-26(2)15-18-36/h9-15,18,24,31H,2-8,16-17,19-23,25,38-39H2,1H3,(H,40,42)(H,41,44)/t31-,36?/m0/s1. The number of halogens is 1. The van der Waals surface area contributed by atoms with Crippen molar-refractivity contribution in [3.05, 3.63) is 89.3 Å². The van der Waals surface area contributed by atoms with Crippen molar-refractivity contribution in [2.45, 2.75) is 82.7 Å². The molecule has 0 saturated carbocycles. The van der Waals surface area contributed by atoms with Crippen LogP contribution in [-0.2, 0) is 20.7 Å². The predicted molar refractivity (Wildman–Crippen MR) is 178 cm³/mol. The maximum Gasteiger partial charge on any atom is 0.308 e. The number of benzene rings is 2. The first kappa shape index (κ1) is 36.4. The Morgan fingerprint density at radius 3 is 2.61 bits per heavy atom. The number of nitrogens with two attached hydrogens (primary N) is 2. The molecule has 9 nitrogen and oxygen atoms in total. The minimum Gasteiger partial charge on any atom is -0.491 e. The number of hydrogen-bond acceptors (Lipinski definition) is 7. The SMILES string of the molecule is C=C1C=CC(N)(CCc2ccc(C(=O)N[C@@H](CC(=O)OCCCC)c3ccc(OCCCC(=O)NCCN)c(F)c3)cc2)CCC1. The molecule has 0 saturated heterocycles. The van der Waals surface area contributed by atoms with Crippen LogP contribution in [0.4, 0.5) is 4.39 Å². The van der Waals surface area contributed by atoms with Crippen molar-refractivity contribution in [2.75, 3.05) is 26.3 Å². The van der Waals surface area contributed by atoms with E-state index in [1.165, 1.54) is 12.1 Å². The maximum absolute atomic E-state index is 15.1. The molecule has 0 fully saturated rings. The van der Waals surface area contributed by atoms with Gasteiger partial charge >= 0.3 is 5.97 Å². The fourth-order valence-electron chi connectivity index (χ4n) is 5.12. The molecule has 1 aliphatic rings.